The molecule has 1 amide bonds. The average molecular weight is 415 g/mol. The zero-order chi connectivity index (χ0) is 18.0. The lowest BCUT2D eigenvalue weighted by Gasteiger charge is -2.16. The van der Waals surface area contributed by atoms with E-state index < -0.39 is 0 Å². The first-order valence-electron chi connectivity index (χ1n) is 8.25. The highest BCUT2D eigenvalue weighted by Crippen LogP contribution is 2.23. The van der Waals surface area contributed by atoms with Crippen LogP contribution in [-0.2, 0) is 6.54 Å². The number of rotatable bonds is 4. The summed E-state index contributed by atoms with van der Waals surface area (Å²) in [6, 6.07) is 12.9. The van der Waals surface area contributed by atoms with Crippen molar-refractivity contribution in [1.29, 1.82) is 0 Å². The van der Waals surface area contributed by atoms with Crippen molar-refractivity contribution in [3.8, 4) is 0 Å². The van der Waals surface area contributed by atoms with E-state index in [1.165, 1.54) is 0 Å². The van der Waals surface area contributed by atoms with Gasteiger partial charge in [-0.15, -0.1) is 12.4 Å². The van der Waals surface area contributed by atoms with Crippen LogP contribution in [-0.4, -0.2) is 29.9 Å². The lowest BCUT2D eigenvalue weighted by Crippen LogP contribution is -2.28. The third-order valence-corrected chi connectivity index (χ3v) is 5.06. The normalized spacial score (nSPS) is 19.8. The van der Waals surface area contributed by atoms with Gasteiger partial charge in [-0.1, -0.05) is 42.3 Å². The molecular formula is C19H22Cl3N3O. The minimum atomic E-state index is -0.254. The van der Waals surface area contributed by atoms with Crippen LogP contribution in [0.3, 0.4) is 0 Å². The maximum atomic E-state index is 12.4. The molecule has 0 spiro atoms. The number of nitrogens with zero attached hydrogens (tertiary/aromatic N) is 1. The van der Waals surface area contributed by atoms with E-state index in [0.717, 1.165) is 30.9 Å². The number of likely N-dealkylation sites (tertiary alicyclic amines) is 1. The van der Waals surface area contributed by atoms with Crippen LogP contribution in [0.1, 0.15) is 22.8 Å². The zero-order valence-corrected chi connectivity index (χ0v) is 16.7. The van der Waals surface area contributed by atoms with E-state index in [0.29, 0.717) is 21.5 Å². The van der Waals surface area contributed by atoms with E-state index in [9.17, 15) is 4.79 Å². The second-order valence-electron chi connectivity index (χ2n) is 6.61. The van der Waals surface area contributed by atoms with Gasteiger partial charge in [-0.25, -0.2) is 0 Å². The molecule has 4 nitrogen and oxygen atoms in total. The summed E-state index contributed by atoms with van der Waals surface area (Å²) in [4.78, 5) is 14.8. The van der Waals surface area contributed by atoms with Gasteiger partial charge in [0.15, 0.2) is 0 Å². The van der Waals surface area contributed by atoms with E-state index in [4.69, 9.17) is 28.9 Å². The van der Waals surface area contributed by atoms with Crippen LogP contribution in [0.25, 0.3) is 0 Å². The second kappa shape index (κ2) is 9.07. The van der Waals surface area contributed by atoms with Crippen LogP contribution in [0.2, 0.25) is 10.0 Å². The molecule has 0 saturated carbocycles. The van der Waals surface area contributed by atoms with Crippen LogP contribution < -0.4 is 11.1 Å². The van der Waals surface area contributed by atoms with Gasteiger partial charge in [0.2, 0.25) is 0 Å². The molecule has 1 saturated heterocycles. The minimum absolute atomic E-state index is 0. The summed E-state index contributed by atoms with van der Waals surface area (Å²) in [6.45, 7) is 4.90. The van der Waals surface area contributed by atoms with Crippen LogP contribution in [0.4, 0.5) is 5.69 Å². The van der Waals surface area contributed by atoms with Crippen molar-refractivity contribution in [2.75, 3.05) is 18.4 Å². The molecule has 2 aromatic carbocycles. The SMILES string of the molecule is CC1CN(Cc2cccc(NC(=O)c3ccc(Cl)cc3Cl)c2)CC1N.Cl. The van der Waals surface area contributed by atoms with E-state index in [1.807, 2.05) is 18.2 Å². The monoisotopic (exact) mass is 413 g/mol. The highest BCUT2D eigenvalue weighted by molar-refractivity contribution is 6.37. The van der Waals surface area contributed by atoms with Gasteiger partial charge < -0.3 is 11.1 Å². The third-order valence-electron chi connectivity index (χ3n) is 4.51. The van der Waals surface area contributed by atoms with Gasteiger partial charge in [-0.05, 0) is 41.8 Å². The molecule has 0 aromatic heterocycles. The molecule has 140 valence electrons. The number of nitrogens with one attached hydrogen (secondary N) is 1. The van der Waals surface area contributed by atoms with Crippen LogP contribution >= 0.6 is 35.6 Å². The number of hydrogen-bond donors (Lipinski definition) is 2. The standard InChI is InChI=1S/C19H21Cl2N3O.ClH/c1-12-9-24(11-18(12)22)10-13-3-2-4-15(7-13)23-19(25)16-6-5-14(20)8-17(16)21;/h2-8,12,18H,9-11,22H2,1H3,(H,23,25);1H. The number of hydrogen-bond acceptors (Lipinski definition) is 3. The van der Waals surface area contributed by atoms with E-state index in [-0.39, 0.29) is 24.4 Å². The maximum absolute atomic E-state index is 12.4. The van der Waals surface area contributed by atoms with Crippen molar-refractivity contribution >= 4 is 47.2 Å². The average Bonchev–Trinajstić information content (AvgIpc) is 2.85. The lowest BCUT2D eigenvalue weighted by molar-refractivity contribution is 0.102. The lowest BCUT2D eigenvalue weighted by atomic mass is 10.1. The van der Waals surface area contributed by atoms with Gasteiger partial charge in [-0.3, -0.25) is 9.69 Å². The molecule has 1 heterocycles. The maximum Gasteiger partial charge on any atom is 0.257 e. The van der Waals surface area contributed by atoms with E-state index >= 15 is 0 Å². The smallest absolute Gasteiger partial charge is 0.257 e. The molecule has 26 heavy (non-hydrogen) atoms. The van der Waals surface area contributed by atoms with Gasteiger partial charge in [0, 0.05) is 36.4 Å². The molecule has 1 aliphatic rings. The van der Waals surface area contributed by atoms with Crippen LogP contribution in [0, 0.1) is 5.92 Å². The van der Waals surface area contributed by atoms with Gasteiger partial charge >= 0.3 is 0 Å². The Balaban J connectivity index is 0.00000243. The molecule has 0 radical (unpaired) electrons. The number of anilines is 1. The van der Waals surface area contributed by atoms with Gasteiger partial charge in [0.05, 0.1) is 10.6 Å². The first-order chi connectivity index (χ1) is 11.9. The minimum Gasteiger partial charge on any atom is -0.326 e. The Morgan fingerprint density at radius 1 is 1.23 bits per heavy atom. The fraction of sp³-hybridized carbons (Fsp3) is 0.316. The first-order valence-corrected chi connectivity index (χ1v) is 9.01. The highest BCUT2D eigenvalue weighted by atomic mass is 35.5. The topological polar surface area (TPSA) is 58.4 Å². The first kappa shape index (κ1) is 21.0. The number of benzene rings is 2. The summed E-state index contributed by atoms with van der Waals surface area (Å²) in [5.74, 6) is 0.255. The molecule has 1 aliphatic heterocycles. The van der Waals surface area contributed by atoms with Crippen molar-refractivity contribution in [2.24, 2.45) is 11.7 Å². The molecule has 0 aliphatic carbocycles. The van der Waals surface area contributed by atoms with Crippen molar-refractivity contribution in [1.82, 2.24) is 4.90 Å². The summed E-state index contributed by atoms with van der Waals surface area (Å²) in [6.07, 6.45) is 0. The molecule has 0 bridgehead atoms. The molecule has 7 heteroatoms. The second-order valence-corrected chi connectivity index (χ2v) is 7.46. The summed E-state index contributed by atoms with van der Waals surface area (Å²) in [5.41, 5.74) is 8.37. The van der Waals surface area contributed by atoms with Crippen molar-refractivity contribution < 1.29 is 4.79 Å². The van der Waals surface area contributed by atoms with Gasteiger partial charge in [-0.2, -0.15) is 0 Å². The number of carbonyl (C=O) groups is 1. The van der Waals surface area contributed by atoms with E-state index in [1.54, 1.807) is 18.2 Å². The Morgan fingerprint density at radius 3 is 2.65 bits per heavy atom. The third kappa shape index (κ3) is 5.12. The quantitative estimate of drug-likeness (QED) is 0.777. The Morgan fingerprint density at radius 2 is 2.00 bits per heavy atom. The number of carbonyl (C=O) groups excluding carboxylic acids is 1. The van der Waals surface area contributed by atoms with Crippen LogP contribution in [0.15, 0.2) is 42.5 Å². The van der Waals surface area contributed by atoms with Crippen molar-refractivity contribution in [3.05, 3.63) is 63.6 Å². The van der Waals surface area contributed by atoms with E-state index in [2.05, 4.69) is 23.2 Å². The molecule has 3 N–H and O–H groups in total. The molecule has 1 fully saturated rings. The molecular weight excluding hydrogens is 393 g/mol. The summed E-state index contributed by atoms with van der Waals surface area (Å²) in [5, 5.41) is 3.73. The largest absolute Gasteiger partial charge is 0.326 e. The molecule has 2 atom stereocenters. The molecule has 2 unspecified atom stereocenters. The Hall–Kier alpha value is -1.30. The predicted octanol–water partition coefficient (Wildman–Crippen LogP) is 4.45. The highest BCUT2D eigenvalue weighted by Gasteiger charge is 2.26. The Bertz CT molecular complexity index is 774. The van der Waals surface area contributed by atoms with Gasteiger partial charge in [0.25, 0.3) is 5.91 Å². The summed E-state index contributed by atoms with van der Waals surface area (Å²) >= 11 is 12.0. The fourth-order valence-electron chi connectivity index (χ4n) is 3.10. The summed E-state index contributed by atoms with van der Waals surface area (Å²) < 4.78 is 0. The summed E-state index contributed by atoms with van der Waals surface area (Å²) in [7, 11) is 0. The number of nitrogens with two attached hydrogens (primary N) is 1. The van der Waals surface area contributed by atoms with Crippen LogP contribution in [0.5, 0.6) is 0 Å². The van der Waals surface area contributed by atoms with Gasteiger partial charge in [0.1, 0.15) is 0 Å². The molecule has 2 aromatic rings. The Kier molecular flexibility index (Phi) is 7.33. The Labute approximate surface area is 170 Å². The van der Waals surface area contributed by atoms with Crippen molar-refractivity contribution in [3.63, 3.8) is 0 Å². The fourth-order valence-corrected chi connectivity index (χ4v) is 3.60. The zero-order valence-electron chi connectivity index (χ0n) is 14.4. The predicted molar refractivity (Wildman–Crippen MR) is 111 cm³/mol. The number of halogens is 3. The number of amides is 1. The molecule has 3 rings (SSSR count). The van der Waals surface area contributed by atoms with Crippen molar-refractivity contribution in [2.45, 2.75) is 19.5 Å².